The Kier molecular flexibility index (Phi) is 19.7. The molecule has 20 nitrogen and oxygen atoms in total. The van der Waals surface area contributed by atoms with Crippen molar-refractivity contribution in [1.29, 1.82) is 0 Å². The average molecular weight is 1430 g/mol. The van der Waals surface area contributed by atoms with Crippen LogP contribution in [0.3, 0.4) is 0 Å². The maximum atomic E-state index is 17.4. The summed E-state index contributed by atoms with van der Waals surface area (Å²) in [5, 5.41) is 124. The van der Waals surface area contributed by atoms with Gasteiger partial charge in [0.05, 0.1) is 74.0 Å². The Bertz CT molecular complexity index is 4360. The second kappa shape index (κ2) is 27.3. The Balaban J connectivity index is 1.16. The van der Waals surface area contributed by atoms with E-state index in [1.54, 1.807) is 11.6 Å². The Hall–Kier alpha value is -6.98. The lowest BCUT2D eigenvalue weighted by Crippen LogP contribution is -2.57. The van der Waals surface area contributed by atoms with Gasteiger partial charge in [-0.25, -0.2) is 67.2 Å². The van der Waals surface area contributed by atoms with E-state index in [1.807, 2.05) is 0 Å². The van der Waals surface area contributed by atoms with Crippen molar-refractivity contribution in [3.8, 4) is 44.5 Å². The Morgan fingerprint density at radius 2 is 0.598 bits per heavy atom. The number of aromatic nitrogens is 5. The van der Waals surface area contributed by atoms with Gasteiger partial charge in [0, 0.05) is 56.5 Å². The molecular formula is C62H50F12N5O15S3+. The van der Waals surface area contributed by atoms with Gasteiger partial charge in [0.25, 0.3) is 0 Å². The summed E-state index contributed by atoms with van der Waals surface area (Å²) in [5.41, 5.74) is -18.4. The zero-order valence-corrected chi connectivity index (χ0v) is 51.4. The topological polar surface area (TPSA) is 332 Å². The summed E-state index contributed by atoms with van der Waals surface area (Å²) >= 11 is -0.676. The summed E-state index contributed by atoms with van der Waals surface area (Å²) in [6.07, 6.45) is -17.1. The lowest BCUT2D eigenvalue weighted by molar-refractivity contribution is -0.671. The first-order valence-corrected chi connectivity index (χ1v) is 31.4. The van der Waals surface area contributed by atoms with Gasteiger partial charge in [-0.1, -0.05) is 35.3 Å². The minimum Gasteiger partial charge on any atom is -0.394 e. The van der Waals surface area contributed by atoms with Crippen LogP contribution < -0.4 is 4.57 Å². The molecule has 0 spiro atoms. The largest absolute Gasteiger partial charge is 0.394 e. The molecule has 0 radical (unpaired) electrons. The molecule has 0 unspecified atom stereocenters. The fourth-order valence-corrected chi connectivity index (χ4v) is 15.0. The molecular weight excluding hydrogens is 1380 g/mol. The van der Waals surface area contributed by atoms with Crippen LogP contribution >= 0.6 is 35.3 Å². The third kappa shape index (κ3) is 12.0. The number of H-pyrrole nitrogens is 2. The zero-order chi connectivity index (χ0) is 69.8. The SMILES string of the molecule is C[n+]1ccc(-c2c3nc(c(-c4c(F)c(F)c(S[C@@H]5O[C@H](CO)[C@H](O)[C@H](O)[C@H]5O)c(F)c4F)c4ccc([nH]4)c(-c4c(F)c(F)c(S[C@@H]5O[C@H](CO)[C@@H](O)[C@H](O)[C@H]5O)c(F)c4F)c4nc(c(-c5c(F)c(F)c(S[C@@H]6O[C@@H](CO)[C@@H](O)[C@@H](O)[C@@H]6O)c(F)c5F)c5ccc2[nH]5)C=C4)C=C3)cc1. The zero-order valence-electron chi connectivity index (χ0n) is 48.9. The highest BCUT2D eigenvalue weighted by atomic mass is 32.2. The number of fused-ring (bicyclic) bond motifs is 8. The molecule has 8 bridgehead atoms. The van der Waals surface area contributed by atoms with Crippen LogP contribution in [-0.2, 0) is 21.3 Å². The van der Waals surface area contributed by atoms with Gasteiger partial charge in [0.2, 0.25) is 0 Å². The second-order valence-corrected chi connectivity index (χ2v) is 25.9. The van der Waals surface area contributed by atoms with Gasteiger partial charge >= 0.3 is 0 Å². The molecule has 0 amide bonds. The minimum atomic E-state index is -2.33. The summed E-state index contributed by atoms with van der Waals surface area (Å²) in [6.45, 7) is -3.10. The number of ether oxygens (including phenoxy) is 3. The third-order valence-electron chi connectivity index (χ3n) is 16.7. The first kappa shape index (κ1) is 69.9. The van der Waals surface area contributed by atoms with E-state index in [0.717, 1.165) is 36.4 Å². The first-order chi connectivity index (χ1) is 46.1. The highest BCUT2D eigenvalue weighted by Crippen LogP contribution is 2.49. The van der Waals surface area contributed by atoms with Crippen LogP contribution in [0.15, 0.2) is 63.5 Å². The summed E-state index contributed by atoms with van der Waals surface area (Å²) in [5.74, 6) is -26.8. The molecule has 15 atom stereocenters. The fraction of sp³-hybridized carbons (Fsp3) is 0.306. The van der Waals surface area contributed by atoms with E-state index >= 15 is 52.7 Å². The molecule has 3 aromatic carbocycles. The standard InChI is InChI=1S/C62H49F12N5O15S3/c1-79-12-10-17(11-13-79)29-18-2-4-20(75-18)30(33-36(63)42(69)57(43(70)37(33)64)95-60-54(89)51(86)48(83)26(14-80)92-60)22-6-8-24(77-22)32(35-40(67)46(73)59(47(74)41(35)68)97-62-56(91)53(88)50(85)28(16-82)94-62)25-9-7-23(78-25)31(21-5-3-19(29)76-21)34-38(65)44(71)58(45(72)39(34)66)96-61-55(90)52(87)49(84)27(15-81)93-61/h2-13,26-28,48-56,60-62,80-91H,14-16H2,1H3,(H,75,76,77,78)/p+1/t26-,27+,28-,48+,49-,50-,51+,52-,53+,54-,55+,56-,60+,61+,62+/m1/s1. The maximum Gasteiger partial charge on any atom is 0.176 e. The summed E-state index contributed by atoms with van der Waals surface area (Å²) in [4.78, 5) is 9.84. The number of aryl methyl sites for hydroxylation is 1. The molecule has 35 heteroatoms. The molecule has 12 rings (SSSR count). The Morgan fingerprint density at radius 3 is 0.856 bits per heavy atom. The van der Waals surface area contributed by atoms with E-state index < -0.39 is 261 Å². The summed E-state index contributed by atoms with van der Waals surface area (Å²) in [7, 11) is 1.62. The van der Waals surface area contributed by atoms with Crippen LogP contribution in [0.2, 0.25) is 0 Å². The predicted molar refractivity (Wildman–Crippen MR) is 320 cm³/mol. The van der Waals surface area contributed by atoms with Crippen molar-refractivity contribution < 1.29 is 133 Å². The first-order valence-electron chi connectivity index (χ1n) is 28.7. The average Bonchev–Trinajstić information content (AvgIpc) is 1.70. The molecule has 7 aromatic rings. The van der Waals surface area contributed by atoms with Crippen LogP contribution in [-0.4, -0.2) is 191 Å². The molecule has 3 saturated heterocycles. The van der Waals surface area contributed by atoms with Crippen LogP contribution in [0.4, 0.5) is 52.7 Å². The molecule has 514 valence electrons. The van der Waals surface area contributed by atoms with Crippen LogP contribution in [0, 0.1) is 69.8 Å². The molecule has 5 aliphatic rings. The maximum absolute atomic E-state index is 17.4. The van der Waals surface area contributed by atoms with Crippen molar-refractivity contribution in [1.82, 2.24) is 19.9 Å². The number of nitrogens with zero attached hydrogens (tertiary/aromatic N) is 3. The number of hydrogen-bond acceptors (Lipinski definition) is 20. The smallest absolute Gasteiger partial charge is 0.176 e. The quantitative estimate of drug-likeness (QED) is 0.0385. The van der Waals surface area contributed by atoms with Crippen molar-refractivity contribution in [3.05, 3.63) is 141 Å². The Labute approximate surface area is 549 Å². The molecule has 9 heterocycles. The number of halogens is 12. The number of aliphatic hydroxyl groups is 12. The van der Waals surface area contributed by atoms with Gasteiger partial charge in [-0.15, -0.1) is 0 Å². The van der Waals surface area contributed by atoms with E-state index in [-0.39, 0.29) is 57.6 Å². The van der Waals surface area contributed by atoms with E-state index in [1.165, 1.54) is 36.7 Å². The molecule has 5 aliphatic heterocycles. The molecule has 14 N–H and O–H groups in total. The number of thioether (sulfide) groups is 3. The Morgan fingerprint density at radius 1 is 0.351 bits per heavy atom. The van der Waals surface area contributed by atoms with Crippen molar-refractivity contribution in [2.45, 2.75) is 104 Å². The van der Waals surface area contributed by atoms with Gasteiger partial charge in [0.15, 0.2) is 82.2 Å². The van der Waals surface area contributed by atoms with Gasteiger partial charge in [-0.05, 0) is 54.1 Å². The normalized spacial score (nSPS) is 26.5. The molecule has 97 heavy (non-hydrogen) atoms. The number of aromatic amines is 2. The van der Waals surface area contributed by atoms with Crippen LogP contribution in [0.1, 0.15) is 22.8 Å². The van der Waals surface area contributed by atoms with Gasteiger partial charge in [-0.2, -0.15) is 0 Å². The van der Waals surface area contributed by atoms with Crippen LogP contribution in [0.25, 0.3) is 90.9 Å². The third-order valence-corrected chi connectivity index (χ3v) is 20.3. The molecule has 3 fully saturated rings. The van der Waals surface area contributed by atoms with Crippen molar-refractivity contribution in [3.63, 3.8) is 0 Å². The van der Waals surface area contributed by atoms with Crippen molar-refractivity contribution >= 4 is 81.7 Å². The molecule has 0 aliphatic carbocycles. The molecule has 0 saturated carbocycles. The number of nitrogens with one attached hydrogen (secondary N) is 2. The van der Waals surface area contributed by atoms with Gasteiger partial charge in [0.1, 0.15) is 96.6 Å². The number of hydrogen-bond donors (Lipinski definition) is 14. The highest BCUT2D eigenvalue weighted by molar-refractivity contribution is 8.00. The summed E-state index contributed by atoms with van der Waals surface area (Å²) in [6, 6.07) is 7.03. The highest BCUT2D eigenvalue weighted by Gasteiger charge is 2.49. The van der Waals surface area contributed by atoms with E-state index in [9.17, 15) is 61.3 Å². The fourth-order valence-electron chi connectivity index (χ4n) is 11.6. The lowest BCUT2D eigenvalue weighted by Gasteiger charge is -2.39. The molecule has 4 aromatic heterocycles. The van der Waals surface area contributed by atoms with Crippen LogP contribution in [0.5, 0.6) is 0 Å². The second-order valence-electron chi connectivity index (χ2n) is 22.6. The van der Waals surface area contributed by atoms with Crippen molar-refractivity contribution in [2.24, 2.45) is 7.05 Å². The number of rotatable bonds is 13. The minimum absolute atomic E-state index is 0.000151. The van der Waals surface area contributed by atoms with Gasteiger partial charge in [-0.3, -0.25) is 0 Å². The summed E-state index contributed by atoms with van der Waals surface area (Å²) < 4.78 is 223. The monoisotopic (exact) mass is 1430 g/mol. The number of aliphatic hydroxyl groups excluding tert-OH is 12. The van der Waals surface area contributed by atoms with E-state index in [2.05, 4.69) is 19.9 Å². The van der Waals surface area contributed by atoms with Gasteiger partial charge < -0.3 is 85.5 Å². The van der Waals surface area contributed by atoms with Crippen molar-refractivity contribution in [2.75, 3.05) is 19.8 Å². The van der Waals surface area contributed by atoms with E-state index in [0.29, 0.717) is 0 Å². The lowest BCUT2D eigenvalue weighted by atomic mass is 10.0. The predicted octanol–water partition coefficient (Wildman–Crippen LogP) is 5.49. The number of benzene rings is 3. The number of pyridine rings is 1. The van der Waals surface area contributed by atoms with E-state index in [4.69, 9.17) is 14.2 Å².